The third-order valence-corrected chi connectivity index (χ3v) is 6.00. The van der Waals surface area contributed by atoms with Crippen molar-refractivity contribution in [2.75, 3.05) is 46.0 Å². The van der Waals surface area contributed by atoms with Gasteiger partial charge in [0.2, 0.25) is 5.78 Å². The van der Waals surface area contributed by atoms with Crippen LogP contribution in [-0.2, 0) is 9.53 Å². The van der Waals surface area contributed by atoms with Gasteiger partial charge in [0.15, 0.2) is 11.5 Å². The van der Waals surface area contributed by atoms with Gasteiger partial charge in [0.25, 0.3) is 5.91 Å². The van der Waals surface area contributed by atoms with Crippen molar-refractivity contribution in [2.45, 2.75) is 26.3 Å². The minimum absolute atomic E-state index is 0.0462. The van der Waals surface area contributed by atoms with Crippen LogP contribution in [0.15, 0.2) is 52.1 Å². The molecule has 0 saturated carbocycles. The minimum Gasteiger partial charge on any atom is -0.503 e. The van der Waals surface area contributed by atoms with Gasteiger partial charge in [0, 0.05) is 26.2 Å². The topological polar surface area (TPSA) is 92.5 Å². The summed E-state index contributed by atoms with van der Waals surface area (Å²) in [6.45, 7) is 8.55. The van der Waals surface area contributed by atoms with E-state index in [1.807, 2.05) is 31.2 Å². The average Bonchev–Trinajstić information content (AvgIpc) is 3.37. The van der Waals surface area contributed by atoms with Gasteiger partial charge in [0.1, 0.15) is 11.5 Å². The summed E-state index contributed by atoms with van der Waals surface area (Å²) in [7, 11) is 0. The van der Waals surface area contributed by atoms with Crippen molar-refractivity contribution in [1.82, 2.24) is 9.80 Å². The molecule has 1 N–H and O–H groups in total. The van der Waals surface area contributed by atoms with E-state index in [0.29, 0.717) is 44.3 Å². The molecule has 2 aliphatic heterocycles. The van der Waals surface area contributed by atoms with E-state index in [1.54, 1.807) is 24.0 Å². The number of hydrogen-bond acceptors (Lipinski definition) is 7. The normalized spacial score (nSPS) is 19.4. The lowest BCUT2D eigenvalue weighted by molar-refractivity contribution is -0.129. The molecule has 1 fully saturated rings. The lowest BCUT2D eigenvalue weighted by Gasteiger charge is -2.30. The number of morpholine rings is 1. The van der Waals surface area contributed by atoms with E-state index in [0.717, 1.165) is 25.2 Å². The number of carbonyl (C=O) groups is 2. The standard InChI is InChI=1S/C25H30N2O6/c1-3-32-19-8-6-18(7-9-19)22-21(23(28)20-10-5-17(2)33-20)24(29)25(30)27(22)12-4-11-26-13-15-31-16-14-26/h5-10,22,29H,3-4,11-16H2,1-2H3/t22-/m1/s1. The van der Waals surface area contributed by atoms with Crippen LogP contribution in [0.25, 0.3) is 0 Å². The molecule has 2 aliphatic rings. The van der Waals surface area contributed by atoms with E-state index in [4.69, 9.17) is 13.9 Å². The maximum Gasteiger partial charge on any atom is 0.290 e. The molecule has 8 nitrogen and oxygen atoms in total. The Balaban J connectivity index is 1.60. The van der Waals surface area contributed by atoms with Gasteiger partial charge in [-0.2, -0.15) is 0 Å². The van der Waals surface area contributed by atoms with E-state index < -0.39 is 23.5 Å². The first kappa shape index (κ1) is 23.1. The van der Waals surface area contributed by atoms with Crippen molar-refractivity contribution >= 4 is 11.7 Å². The molecule has 3 heterocycles. The maximum absolute atomic E-state index is 13.3. The largest absolute Gasteiger partial charge is 0.503 e. The number of nitrogens with zero attached hydrogens (tertiary/aromatic N) is 2. The molecule has 0 unspecified atom stereocenters. The Bertz CT molecular complexity index is 1020. The smallest absolute Gasteiger partial charge is 0.290 e. The Morgan fingerprint density at radius 3 is 2.48 bits per heavy atom. The monoisotopic (exact) mass is 454 g/mol. The van der Waals surface area contributed by atoms with Crippen LogP contribution in [0.1, 0.15) is 41.3 Å². The fourth-order valence-electron chi connectivity index (χ4n) is 4.35. The predicted octanol–water partition coefficient (Wildman–Crippen LogP) is 3.29. The number of aliphatic hydroxyl groups is 1. The summed E-state index contributed by atoms with van der Waals surface area (Å²) < 4.78 is 16.4. The van der Waals surface area contributed by atoms with E-state index in [1.165, 1.54) is 0 Å². The number of ketones is 1. The predicted molar refractivity (Wildman–Crippen MR) is 121 cm³/mol. The van der Waals surface area contributed by atoms with Crippen molar-refractivity contribution in [3.63, 3.8) is 0 Å². The summed E-state index contributed by atoms with van der Waals surface area (Å²) in [5, 5.41) is 10.8. The van der Waals surface area contributed by atoms with Crippen LogP contribution in [0.5, 0.6) is 5.75 Å². The lowest BCUT2D eigenvalue weighted by Crippen LogP contribution is -2.39. The number of benzene rings is 1. The van der Waals surface area contributed by atoms with Gasteiger partial charge in [-0.15, -0.1) is 0 Å². The number of aliphatic hydroxyl groups excluding tert-OH is 1. The molecule has 2 aromatic rings. The number of hydrogen-bond donors (Lipinski definition) is 1. The molecule has 0 radical (unpaired) electrons. The van der Waals surface area contributed by atoms with Crippen molar-refractivity contribution in [1.29, 1.82) is 0 Å². The highest BCUT2D eigenvalue weighted by Crippen LogP contribution is 2.39. The van der Waals surface area contributed by atoms with Crippen LogP contribution >= 0.6 is 0 Å². The quantitative estimate of drug-likeness (QED) is 0.581. The number of aryl methyl sites for hydroxylation is 1. The second-order valence-corrected chi connectivity index (χ2v) is 8.21. The number of furan rings is 1. The average molecular weight is 455 g/mol. The molecule has 33 heavy (non-hydrogen) atoms. The summed E-state index contributed by atoms with van der Waals surface area (Å²) in [6, 6.07) is 9.84. The molecule has 1 atom stereocenters. The highest BCUT2D eigenvalue weighted by Gasteiger charge is 2.44. The molecule has 0 aliphatic carbocycles. The lowest BCUT2D eigenvalue weighted by atomic mass is 9.95. The number of amides is 1. The zero-order valence-electron chi connectivity index (χ0n) is 19.1. The Kier molecular flexibility index (Phi) is 7.15. The molecule has 8 heteroatoms. The van der Waals surface area contributed by atoms with Crippen molar-refractivity contribution in [3.05, 3.63) is 64.8 Å². The number of Topliss-reactive ketones (excluding diaryl/α,β-unsaturated/α-hetero) is 1. The minimum atomic E-state index is -0.698. The van der Waals surface area contributed by atoms with Crippen molar-refractivity contribution < 1.29 is 28.6 Å². The summed E-state index contributed by atoms with van der Waals surface area (Å²) in [6.07, 6.45) is 0.716. The summed E-state index contributed by atoms with van der Waals surface area (Å²) >= 11 is 0. The van der Waals surface area contributed by atoms with Gasteiger partial charge >= 0.3 is 0 Å². The molecule has 1 amide bonds. The van der Waals surface area contributed by atoms with E-state index in [-0.39, 0.29) is 11.3 Å². The fraction of sp³-hybridized carbons (Fsp3) is 0.440. The van der Waals surface area contributed by atoms with Crippen LogP contribution in [0.2, 0.25) is 0 Å². The third kappa shape index (κ3) is 4.96. The van der Waals surface area contributed by atoms with E-state index >= 15 is 0 Å². The molecular formula is C25H30N2O6. The Labute approximate surface area is 193 Å². The number of rotatable bonds is 9. The molecule has 1 saturated heterocycles. The Morgan fingerprint density at radius 2 is 1.85 bits per heavy atom. The summed E-state index contributed by atoms with van der Waals surface area (Å²) in [4.78, 5) is 30.2. The summed E-state index contributed by atoms with van der Waals surface area (Å²) in [5.74, 6) is -0.145. The van der Waals surface area contributed by atoms with Crippen LogP contribution in [0.3, 0.4) is 0 Å². The van der Waals surface area contributed by atoms with Crippen molar-refractivity contribution in [2.24, 2.45) is 0 Å². The first-order chi connectivity index (χ1) is 16.0. The zero-order chi connectivity index (χ0) is 23.4. The molecular weight excluding hydrogens is 424 g/mol. The van der Waals surface area contributed by atoms with Gasteiger partial charge in [-0.3, -0.25) is 14.5 Å². The summed E-state index contributed by atoms with van der Waals surface area (Å²) in [5.41, 5.74) is 0.777. The van der Waals surface area contributed by atoms with Crippen LogP contribution in [0, 0.1) is 6.92 Å². The second kappa shape index (κ2) is 10.2. The molecule has 0 spiro atoms. The second-order valence-electron chi connectivity index (χ2n) is 8.21. The Hall–Kier alpha value is -3.10. The van der Waals surface area contributed by atoms with E-state index in [9.17, 15) is 14.7 Å². The van der Waals surface area contributed by atoms with Gasteiger partial charge in [-0.1, -0.05) is 12.1 Å². The number of carbonyl (C=O) groups excluding carboxylic acids is 2. The first-order valence-corrected chi connectivity index (χ1v) is 11.4. The highest BCUT2D eigenvalue weighted by molar-refractivity contribution is 6.15. The van der Waals surface area contributed by atoms with Crippen molar-refractivity contribution in [3.8, 4) is 5.75 Å². The van der Waals surface area contributed by atoms with Gasteiger partial charge in [-0.05, 0) is 50.1 Å². The molecule has 1 aromatic heterocycles. The van der Waals surface area contributed by atoms with Crippen LogP contribution in [0.4, 0.5) is 0 Å². The molecule has 4 rings (SSSR count). The van der Waals surface area contributed by atoms with Crippen LogP contribution < -0.4 is 4.74 Å². The number of ether oxygens (including phenoxy) is 2. The highest BCUT2D eigenvalue weighted by atomic mass is 16.5. The van der Waals surface area contributed by atoms with E-state index in [2.05, 4.69) is 4.90 Å². The maximum atomic E-state index is 13.3. The van der Waals surface area contributed by atoms with Gasteiger partial charge in [-0.25, -0.2) is 0 Å². The fourth-order valence-corrected chi connectivity index (χ4v) is 4.35. The first-order valence-electron chi connectivity index (χ1n) is 11.4. The van der Waals surface area contributed by atoms with Crippen LogP contribution in [-0.4, -0.2) is 72.6 Å². The zero-order valence-corrected chi connectivity index (χ0v) is 19.1. The molecule has 1 aromatic carbocycles. The Morgan fingerprint density at radius 1 is 1.12 bits per heavy atom. The molecule has 176 valence electrons. The third-order valence-electron chi connectivity index (χ3n) is 6.00. The molecule has 0 bridgehead atoms. The SMILES string of the molecule is CCOc1ccc([C@@H]2C(C(=O)c3ccc(C)o3)=C(O)C(=O)N2CCCN2CCOCC2)cc1. The van der Waals surface area contributed by atoms with Gasteiger partial charge in [0.05, 0.1) is 31.4 Å². The van der Waals surface area contributed by atoms with Gasteiger partial charge < -0.3 is 23.9 Å².